The Kier molecular flexibility index (Phi) is 5.56. The number of rotatable bonds is 5. The lowest BCUT2D eigenvalue weighted by atomic mass is 10.0. The van der Waals surface area contributed by atoms with Gasteiger partial charge >= 0.3 is 5.97 Å². The van der Waals surface area contributed by atoms with E-state index >= 15 is 0 Å². The van der Waals surface area contributed by atoms with E-state index in [1.165, 1.54) is 32.1 Å². The fourth-order valence-corrected chi connectivity index (χ4v) is 2.59. The third-order valence-electron chi connectivity index (χ3n) is 3.82. The van der Waals surface area contributed by atoms with Crippen LogP contribution in [-0.4, -0.2) is 44.2 Å². The van der Waals surface area contributed by atoms with Gasteiger partial charge < -0.3 is 15.0 Å². The Balaban J connectivity index is 1.98. The fraction of sp³-hybridized carbons (Fsp3) is 0.562. The number of carbonyl (C=O) groups excluding carboxylic acids is 1. The second-order valence-corrected chi connectivity index (χ2v) is 5.27. The van der Waals surface area contributed by atoms with Gasteiger partial charge in [0, 0.05) is 25.7 Å². The minimum atomic E-state index is -0.280. The molecule has 20 heavy (non-hydrogen) atoms. The van der Waals surface area contributed by atoms with E-state index in [1.807, 2.05) is 24.3 Å². The smallest absolute Gasteiger partial charge is 0.337 e. The predicted molar refractivity (Wildman–Crippen MR) is 79.9 cm³/mol. The quantitative estimate of drug-likeness (QED) is 0.837. The topological polar surface area (TPSA) is 41.6 Å². The summed E-state index contributed by atoms with van der Waals surface area (Å²) in [5.41, 5.74) is 1.84. The van der Waals surface area contributed by atoms with Gasteiger partial charge in [-0.1, -0.05) is 25.5 Å². The summed E-state index contributed by atoms with van der Waals surface area (Å²) >= 11 is 0. The summed E-state index contributed by atoms with van der Waals surface area (Å²) in [6, 6.07) is 8.08. The number of methoxy groups -OCH3 is 1. The Morgan fingerprint density at radius 3 is 2.80 bits per heavy atom. The van der Waals surface area contributed by atoms with Crippen molar-refractivity contribution in [2.45, 2.75) is 25.8 Å². The van der Waals surface area contributed by atoms with Crippen LogP contribution < -0.4 is 5.32 Å². The van der Waals surface area contributed by atoms with Crippen LogP contribution >= 0.6 is 0 Å². The molecule has 1 aromatic carbocycles. The van der Waals surface area contributed by atoms with E-state index in [2.05, 4.69) is 17.1 Å². The van der Waals surface area contributed by atoms with Crippen molar-refractivity contribution in [3.05, 3.63) is 35.4 Å². The number of unbranched alkanes of at least 4 members (excludes halogenated alkanes) is 1. The van der Waals surface area contributed by atoms with Crippen molar-refractivity contribution in [2.24, 2.45) is 0 Å². The molecule has 0 radical (unpaired) electrons. The van der Waals surface area contributed by atoms with E-state index in [4.69, 9.17) is 4.74 Å². The van der Waals surface area contributed by atoms with Gasteiger partial charge in [-0.15, -0.1) is 0 Å². The minimum Gasteiger partial charge on any atom is -0.465 e. The molecule has 1 unspecified atom stereocenters. The molecule has 0 aliphatic carbocycles. The second-order valence-electron chi connectivity index (χ2n) is 5.27. The van der Waals surface area contributed by atoms with E-state index < -0.39 is 0 Å². The zero-order valence-electron chi connectivity index (χ0n) is 12.4. The first kappa shape index (κ1) is 15.0. The molecule has 1 N–H and O–H groups in total. The molecule has 0 spiro atoms. The molecular weight excluding hydrogens is 252 g/mol. The molecule has 0 amide bonds. The Hall–Kier alpha value is -1.39. The zero-order chi connectivity index (χ0) is 14.4. The highest BCUT2D eigenvalue weighted by atomic mass is 16.5. The van der Waals surface area contributed by atoms with Crippen molar-refractivity contribution in [1.29, 1.82) is 0 Å². The molecule has 1 saturated heterocycles. The van der Waals surface area contributed by atoms with Crippen LogP contribution in [0.4, 0.5) is 0 Å². The molecule has 1 fully saturated rings. The van der Waals surface area contributed by atoms with Crippen LogP contribution in [0.15, 0.2) is 24.3 Å². The van der Waals surface area contributed by atoms with Crippen LogP contribution in [0, 0.1) is 0 Å². The van der Waals surface area contributed by atoms with Gasteiger partial charge in [-0.3, -0.25) is 0 Å². The summed E-state index contributed by atoms with van der Waals surface area (Å²) in [7, 11) is 1.41. The van der Waals surface area contributed by atoms with Crippen LogP contribution in [0.1, 0.15) is 41.7 Å². The van der Waals surface area contributed by atoms with Crippen molar-refractivity contribution >= 4 is 5.97 Å². The van der Waals surface area contributed by atoms with Gasteiger partial charge in [0.05, 0.1) is 12.7 Å². The van der Waals surface area contributed by atoms with Crippen LogP contribution in [0.3, 0.4) is 0 Å². The fourth-order valence-electron chi connectivity index (χ4n) is 2.59. The van der Waals surface area contributed by atoms with E-state index in [9.17, 15) is 4.79 Å². The molecule has 0 saturated carbocycles. The van der Waals surface area contributed by atoms with Gasteiger partial charge in [-0.25, -0.2) is 4.79 Å². The first-order valence-corrected chi connectivity index (χ1v) is 7.38. The molecule has 0 bridgehead atoms. The number of esters is 1. The summed E-state index contributed by atoms with van der Waals surface area (Å²) in [5, 5.41) is 3.55. The molecule has 1 heterocycles. The summed E-state index contributed by atoms with van der Waals surface area (Å²) in [5.74, 6) is -0.280. The second kappa shape index (κ2) is 7.41. The Morgan fingerprint density at radius 1 is 1.40 bits per heavy atom. The maximum Gasteiger partial charge on any atom is 0.337 e. The molecule has 4 nitrogen and oxygen atoms in total. The number of piperazine rings is 1. The van der Waals surface area contributed by atoms with Gasteiger partial charge in [-0.05, 0) is 30.7 Å². The first-order valence-electron chi connectivity index (χ1n) is 7.38. The van der Waals surface area contributed by atoms with E-state index in [0.29, 0.717) is 11.6 Å². The lowest BCUT2D eigenvalue weighted by Gasteiger charge is -2.34. The van der Waals surface area contributed by atoms with Crippen molar-refractivity contribution in [3.63, 3.8) is 0 Å². The maximum absolute atomic E-state index is 11.4. The van der Waals surface area contributed by atoms with E-state index in [1.54, 1.807) is 0 Å². The number of ether oxygens (including phenoxy) is 1. The lowest BCUT2D eigenvalue weighted by Crippen LogP contribution is -2.45. The minimum absolute atomic E-state index is 0.280. The number of nitrogens with zero attached hydrogens (tertiary/aromatic N) is 1. The Bertz CT molecular complexity index is 431. The van der Waals surface area contributed by atoms with Crippen LogP contribution in [-0.2, 0) is 4.74 Å². The van der Waals surface area contributed by atoms with Crippen LogP contribution in [0.5, 0.6) is 0 Å². The van der Waals surface area contributed by atoms with Crippen molar-refractivity contribution in [2.75, 3.05) is 33.3 Å². The highest BCUT2D eigenvalue weighted by Crippen LogP contribution is 2.18. The van der Waals surface area contributed by atoms with Gasteiger partial charge in [0.2, 0.25) is 0 Å². The normalized spacial score (nSPS) is 19.8. The highest BCUT2D eigenvalue weighted by Gasteiger charge is 2.20. The molecule has 0 aromatic heterocycles. The summed E-state index contributed by atoms with van der Waals surface area (Å²) < 4.78 is 4.72. The molecule has 110 valence electrons. The van der Waals surface area contributed by atoms with E-state index in [0.717, 1.165) is 19.6 Å². The Labute approximate surface area is 121 Å². The van der Waals surface area contributed by atoms with Gasteiger partial charge in [0.15, 0.2) is 0 Å². The maximum atomic E-state index is 11.4. The van der Waals surface area contributed by atoms with Crippen LogP contribution in [0.2, 0.25) is 0 Å². The average Bonchev–Trinajstić information content (AvgIpc) is 2.52. The van der Waals surface area contributed by atoms with Crippen molar-refractivity contribution < 1.29 is 9.53 Å². The van der Waals surface area contributed by atoms with Crippen molar-refractivity contribution in [1.82, 2.24) is 10.2 Å². The molecule has 1 atom stereocenters. The summed E-state index contributed by atoms with van der Waals surface area (Å²) in [6.45, 7) is 6.58. The largest absolute Gasteiger partial charge is 0.465 e. The monoisotopic (exact) mass is 276 g/mol. The van der Waals surface area contributed by atoms with Gasteiger partial charge in [0.1, 0.15) is 0 Å². The predicted octanol–water partition coefficient (Wildman–Crippen LogP) is 2.22. The van der Waals surface area contributed by atoms with Crippen molar-refractivity contribution in [3.8, 4) is 0 Å². The number of nitrogens with one attached hydrogen (secondary N) is 1. The van der Waals surface area contributed by atoms with Gasteiger partial charge in [0.25, 0.3) is 0 Å². The number of carbonyl (C=O) groups is 1. The Morgan fingerprint density at radius 2 is 2.15 bits per heavy atom. The highest BCUT2D eigenvalue weighted by molar-refractivity contribution is 5.89. The molecule has 1 aliphatic heterocycles. The number of hydrogen-bond acceptors (Lipinski definition) is 4. The first-order chi connectivity index (χ1) is 9.74. The molecule has 1 aliphatic rings. The standard InChI is InChI=1S/C16H24N2O2/c1-3-4-10-18-11-9-17-15(12-18)13-5-7-14(8-6-13)16(19)20-2/h5-8,15,17H,3-4,9-12H2,1-2H3. The average molecular weight is 276 g/mol. The summed E-state index contributed by atoms with van der Waals surface area (Å²) in [6.07, 6.45) is 2.50. The lowest BCUT2D eigenvalue weighted by molar-refractivity contribution is 0.0600. The third kappa shape index (κ3) is 3.81. The summed E-state index contributed by atoms with van der Waals surface area (Å²) in [4.78, 5) is 13.9. The van der Waals surface area contributed by atoms with Crippen LogP contribution in [0.25, 0.3) is 0 Å². The van der Waals surface area contributed by atoms with Gasteiger partial charge in [-0.2, -0.15) is 0 Å². The third-order valence-corrected chi connectivity index (χ3v) is 3.82. The number of benzene rings is 1. The molecule has 2 rings (SSSR count). The number of hydrogen-bond donors (Lipinski definition) is 1. The van der Waals surface area contributed by atoms with E-state index in [-0.39, 0.29) is 5.97 Å². The SMILES string of the molecule is CCCCN1CCNC(c2ccc(C(=O)OC)cc2)C1. The zero-order valence-corrected chi connectivity index (χ0v) is 12.4. The molecular formula is C16H24N2O2. The molecule has 4 heteroatoms. The molecule has 1 aromatic rings.